The van der Waals surface area contributed by atoms with Crippen LogP contribution in [0.3, 0.4) is 0 Å². The third-order valence-electron chi connectivity index (χ3n) is 4.77. The second-order valence-electron chi connectivity index (χ2n) is 6.63. The Kier molecular flexibility index (Phi) is 4.69. The van der Waals surface area contributed by atoms with Gasteiger partial charge in [0.15, 0.2) is 0 Å². The highest BCUT2D eigenvalue weighted by Gasteiger charge is 2.34. The number of hydrogen-bond acceptors (Lipinski definition) is 6. The van der Waals surface area contributed by atoms with E-state index < -0.39 is 6.10 Å². The van der Waals surface area contributed by atoms with Gasteiger partial charge in [-0.1, -0.05) is 29.5 Å². The number of anilines is 2. The number of benzene rings is 1. The molecule has 2 amide bonds. The summed E-state index contributed by atoms with van der Waals surface area (Å²) in [5.41, 5.74) is 2.01. The lowest BCUT2D eigenvalue weighted by Gasteiger charge is -2.18. The van der Waals surface area contributed by atoms with E-state index in [0.29, 0.717) is 24.7 Å². The monoisotopic (exact) mass is 372 g/mol. The van der Waals surface area contributed by atoms with Crippen molar-refractivity contribution in [3.05, 3.63) is 34.8 Å². The van der Waals surface area contributed by atoms with E-state index in [4.69, 9.17) is 4.74 Å². The van der Waals surface area contributed by atoms with Crippen molar-refractivity contribution >= 4 is 34.0 Å². The number of rotatable bonds is 4. The van der Waals surface area contributed by atoms with E-state index in [9.17, 15) is 9.59 Å². The van der Waals surface area contributed by atoms with Gasteiger partial charge in [0.05, 0.1) is 0 Å². The molecule has 2 fully saturated rings. The Labute approximate surface area is 155 Å². The number of aromatic nitrogens is 2. The molecule has 7 nitrogen and oxygen atoms in total. The van der Waals surface area contributed by atoms with Gasteiger partial charge in [-0.3, -0.25) is 14.9 Å². The fourth-order valence-corrected chi connectivity index (χ4v) is 4.23. The summed E-state index contributed by atoms with van der Waals surface area (Å²) >= 11 is 1.33. The fraction of sp³-hybridized carbons (Fsp3) is 0.444. The van der Waals surface area contributed by atoms with Gasteiger partial charge in [-0.2, -0.15) is 0 Å². The van der Waals surface area contributed by atoms with E-state index in [1.807, 2.05) is 36.1 Å². The molecule has 0 saturated carbocycles. The van der Waals surface area contributed by atoms with E-state index in [0.717, 1.165) is 29.1 Å². The van der Waals surface area contributed by atoms with Crippen molar-refractivity contribution in [1.82, 2.24) is 10.2 Å². The molecular formula is C18H20N4O3S. The van der Waals surface area contributed by atoms with Gasteiger partial charge in [0, 0.05) is 31.2 Å². The van der Waals surface area contributed by atoms with Crippen LogP contribution in [0, 0.1) is 6.92 Å². The molecule has 0 radical (unpaired) electrons. The van der Waals surface area contributed by atoms with Crippen LogP contribution in [-0.4, -0.2) is 41.3 Å². The number of carbonyl (C=O) groups excluding carboxylic acids is 2. The average Bonchev–Trinajstić information content (AvgIpc) is 3.36. The summed E-state index contributed by atoms with van der Waals surface area (Å²) in [7, 11) is 0. The van der Waals surface area contributed by atoms with Crippen molar-refractivity contribution in [3.8, 4) is 0 Å². The third kappa shape index (κ3) is 3.34. The van der Waals surface area contributed by atoms with Crippen LogP contribution in [-0.2, 0) is 14.3 Å². The summed E-state index contributed by atoms with van der Waals surface area (Å²) in [4.78, 5) is 26.4. The summed E-state index contributed by atoms with van der Waals surface area (Å²) < 4.78 is 5.37. The van der Waals surface area contributed by atoms with Crippen molar-refractivity contribution in [1.29, 1.82) is 0 Å². The SMILES string of the molecule is Cc1ccccc1N1C[C@@H](c2nnc(NC(=O)[C@H]3CCCO3)s2)CC1=O. The first-order chi connectivity index (χ1) is 12.6. The van der Waals surface area contributed by atoms with Crippen LogP contribution < -0.4 is 10.2 Å². The van der Waals surface area contributed by atoms with Crippen LogP contribution >= 0.6 is 11.3 Å². The number of hydrogen-bond donors (Lipinski definition) is 1. The Bertz CT molecular complexity index is 831. The molecule has 26 heavy (non-hydrogen) atoms. The summed E-state index contributed by atoms with van der Waals surface area (Å²) in [5.74, 6) is -0.0911. The van der Waals surface area contributed by atoms with E-state index in [1.54, 1.807) is 0 Å². The van der Waals surface area contributed by atoms with Crippen molar-refractivity contribution in [2.75, 3.05) is 23.4 Å². The summed E-state index contributed by atoms with van der Waals surface area (Å²) in [6.07, 6.45) is 1.65. The molecule has 4 rings (SSSR count). The molecule has 1 aromatic carbocycles. The Morgan fingerprint density at radius 3 is 2.96 bits per heavy atom. The van der Waals surface area contributed by atoms with Gasteiger partial charge >= 0.3 is 0 Å². The molecule has 8 heteroatoms. The van der Waals surface area contributed by atoms with Gasteiger partial charge in [-0.15, -0.1) is 10.2 Å². The van der Waals surface area contributed by atoms with E-state index in [1.165, 1.54) is 11.3 Å². The van der Waals surface area contributed by atoms with Crippen molar-refractivity contribution in [2.24, 2.45) is 0 Å². The van der Waals surface area contributed by atoms with Gasteiger partial charge < -0.3 is 9.64 Å². The van der Waals surface area contributed by atoms with Crippen LogP contribution in [0.4, 0.5) is 10.8 Å². The van der Waals surface area contributed by atoms with Gasteiger partial charge in [-0.25, -0.2) is 0 Å². The number of ether oxygens (including phenoxy) is 1. The van der Waals surface area contributed by atoms with E-state index in [2.05, 4.69) is 15.5 Å². The predicted octanol–water partition coefficient (Wildman–Crippen LogP) is 2.48. The lowest BCUT2D eigenvalue weighted by molar-refractivity contribution is -0.124. The smallest absolute Gasteiger partial charge is 0.255 e. The van der Waals surface area contributed by atoms with Crippen LogP contribution in [0.1, 0.15) is 35.8 Å². The lowest BCUT2D eigenvalue weighted by atomic mass is 10.1. The van der Waals surface area contributed by atoms with Crippen molar-refractivity contribution < 1.29 is 14.3 Å². The highest BCUT2D eigenvalue weighted by Crippen LogP contribution is 2.35. The highest BCUT2D eigenvalue weighted by atomic mass is 32.1. The first kappa shape index (κ1) is 17.1. The predicted molar refractivity (Wildman–Crippen MR) is 98.4 cm³/mol. The Balaban J connectivity index is 1.44. The number of nitrogens with zero attached hydrogens (tertiary/aromatic N) is 3. The fourth-order valence-electron chi connectivity index (χ4n) is 3.39. The van der Waals surface area contributed by atoms with Crippen LogP contribution in [0.5, 0.6) is 0 Å². The number of aryl methyl sites for hydroxylation is 1. The normalized spacial score (nSPS) is 22.8. The minimum atomic E-state index is -0.396. The van der Waals surface area contributed by atoms with E-state index in [-0.39, 0.29) is 17.7 Å². The second kappa shape index (κ2) is 7.13. The molecule has 0 spiro atoms. The molecule has 2 atom stereocenters. The maximum Gasteiger partial charge on any atom is 0.255 e. The molecule has 3 heterocycles. The van der Waals surface area contributed by atoms with Crippen LogP contribution in [0.15, 0.2) is 24.3 Å². The molecule has 2 saturated heterocycles. The number of amides is 2. The van der Waals surface area contributed by atoms with Gasteiger partial charge in [0.2, 0.25) is 11.0 Å². The number of nitrogens with one attached hydrogen (secondary N) is 1. The zero-order chi connectivity index (χ0) is 18.1. The molecule has 2 aliphatic heterocycles. The van der Waals surface area contributed by atoms with Gasteiger partial charge in [0.25, 0.3) is 5.91 Å². The minimum Gasteiger partial charge on any atom is -0.368 e. The Hall–Kier alpha value is -2.32. The molecule has 0 unspecified atom stereocenters. The molecule has 1 aromatic heterocycles. The quantitative estimate of drug-likeness (QED) is 0.891. The zero-order valence-corrected chi connectivity index (χ0v) is 15.3. The van der Waals surface area contributed by atoms with Crippen LogP contribution in [0.25, 0.3) is 0 Å². The van der Waals surface area contributed by atoms with Crippen molar-refractivity contribution in [3.63, 3.8) is 0 Å². The Morgan fingerprint density at radius 2 is 2.19 bits per heavy atom. The molecule has 0 aliphatic carbocycles. The largest absolute Gasteiger partial charge is 0.368 e. The average molecular weight is 372 g/mol. The van der Waals surface area contributed by atoms with Gasteiger partial charge in [-0.05, 0) is 31.4 Å². The first-order valence-electron chi connectivity index (χ1n) is 8.73. The number of carbonyl (C=O) groups is 2. The molecular weight excluding hydrogens is 352 g/mol. The zero-order valence-electron chi connectivity index (χ0n) is 14.5. The Morgan fingerprint density at radius 1 is 1.35 bits per heavy atom. The highest BCUT2D eigenvalue weighted by molar-refractivity contribution is 7.15. The van der Waals surface area contributed by atoms with E-state index >= 15 is 0 Å². The van der Waals surface area contributed by atoms with Gasteiger partial charge in [0.1, 0.15) is 11.1 Å². The third-order valence-corrected chi connectivity index (χ3v) is 5.77. The minimum absolute atomic E-state index is 0.00649. The molecule has 2 aromatic rings. The lowest BCUT2D eigenvalue weighted by Crippen LogP contribution is -2.26. The summed E-state index contributed by atoms with van der Waals surface area (Å²) in [6.45, 7) is 3.20. The molecule has 0 bridgehead atoms. The molecule has 1 N–H and O–H groups in total. The summed E-state index contributed by atoms with van der Waals surface area (Å²) in [6, 6.07) is 7.86. The number of para-hydroxylation sites is 1. The maximum atomic E-state index is 12.5. The van der Waals surface area contributed by atoms with Crippen LogP contribution in [0.2, 0.25) is 0 Å². The molecule has 2 aliphatic rings. The standard InChI is InChI=1S/C18H20N4O3S/c1-11-5-2-3-6-13(11)22-10-12(9-15(22)23)17-20-21-18(26-17)19-16(24)14-7-4-8-25-14/h2-3,5-6,12,14H,4,7-10H2,1H3,(H,19,21,24)/t12-,14+/m0/s1. The first-order valence-corrected chi connectivity index (χ1v) is 9.55. The second-order valence-corrected chi connectivity index (χ2v) is 7.64. The summed E-state index contributed by atoms with van der Waals surface area (Å²) in [5, 5.41) is 12.3. The van der Waals surface area contributed by atoms with Crippen molar-refractivity contribution in [2.45, 2.75) is 38.2 Å². The topological polar surface area (TPSA) is 84.4 Å². The maximum absolute atomic E-state index is 12.5. The molecule has 136 valence electrons.